The van der Waals surface area contributed by atoms with Crippen LogP contribution in [0, 0.1) is 11.3 Å². The minimum Gasteiger partial charge on any atom is -0.492 e. The first kappa shape index (κ1) is 19.7. The Bertz CT molecular complexity index is 891. The Morgan fingerprint density at radius 1 is 1.00 bits per heavy atom. The maximum Gasteiger partial charge on any atom is 0.186 e. The number of nitrogens with zero attached hydrogens (tertiary/aromatic N) is 3. The lowest BCUT2D eigenvalue weighted by atomic mass is 10.1. The van der Waals surface area contributed by atoms with Crippen LogP contribution in [-0.2, 0) is 0 Å². The topological polar surface area (TPSA) is 58.0 Å². The van der Waals surface area contributed by atoms with Crippen molar-refractivity contribution in [2.75, 3.05) is 57.4 Å². The van der Waals surface area contributed by atoms with Gasteiger partial charge in [-0.1, -0.05) is 23.7 Å². The van der Waals surface area contributed by atoms with E-state index in [-0.39, 0.29) is 0 Å². The molecule has 2 aromatic rings. The van der Waals surface area contributed by atoms with Gasteiger partial charge in [0.25, 0.3) is 0 Å². The minimum absolute atomic E-state index is 0.481. The number of rotatable bonds is 6. The summed E-state index contributed by atoms with van der Waals surface area (Å²) in [6.07, 6.45) is 0.953. The van der Waals surface area contributed by atoms with Crippen LogP contribution in [0.5, 0.6) is 17.2 Å². The second-order valence-electron chi connectivity index (χ2n) is 7.06. The summed E-state index contributed by atoms with van der Waals surface area (Å²) in [5.41, 5.74) is 1.54. The molecular weight excluding hydrogens is 390 g/mol. The van der Waals surface area contributed by atoms with Crippen LogP contribution in [0.4, 0.5) is 5.69 Å². The van der Waals surface area contributed by atoms with Gasteiger partial charge in [0.15, 0.2) is 11.5 Å². The smallest absolute Gasteiger partial charge is 0.186 e. The number of ether oxygens (including phenoxy) is 3. The maximum atomic E-state index is 9.30. The number of anilines is 1. The SMILES string of the molecule is N#Cc1ccc(N2CCN(CCCOc3ccccc3Cl)CC2)c2c1OCCO2. The van der Waals surface area contributed by atoms with Crippen molar-refractivity contribution in [2.45, 2.75) is 6.42 Å². The van der Waals surface area contributed by atoms with E-state index in [4.69, 9.17) is 25.8 Å². The van der Waals surface area contributed by atoms with E-state index < -0.39 is 0 Å². The first-order valence-corrected chi connectivity index (χ1v) is 10.3. The zero-order chi connectivity index (χ0) is 20.1. The molecule has 0 atom stereocenters. The number of para-hydroxylation sites is 1. The molecule has 152 valence electrons. The molecule has 7 heteroatoms. The van der Waals surface area contributed by atoms with E-state index in [1.807, 2.05) is 36.4 Å². The largest absolute Gasteiger partial charge is 0.492 e. The van der Waals surface area contributed by atoms with Gasteiger partial charge in [-0.2, -0.15) is 5.26 Å². The third-order valence-corrected chi connectivity index (χ3v) is 5.53. The number of piperazine rings is 1. The molecule has 4 rings (SSSR count). The monoisotopic (exact) mass is 413 g/mol. The third kappa shape index (κ3) is 4.52. The Kier molecular flexibility index (Phi) is 6.28. The molecule has 2 aliphatic heterocycles. The molecule has 1 fully saturated rings. The van der Waals surface area contributed by atoms with E-state index in [9.17, 15) is 5.26 Å². The van der Waals surface area contributed by atoms with Crippen molar-refractivity contribution < 1.29 is 14.2 Å². The van der Waals surface area contributed by atoms with E-state index in [1.165, 1.54) is 0 Å². The van der Waals surface area contributed by atoms with E-state index in [1.54, 1.807) is 0 Å². The molecule has 0 unspecified atom stereocenters. The summed E-state index contributed by atoms with van der Waals surface area (Å²) in [5, 5.41) is 9.95. The van der Waals surface area contributed by atoms with Crippen molar-refractivity contribution >= 4 is 17.3 Å². The predicted octanol–water partition coefficient (Wildman–Crippen LogP) is 3.57. The molecule has 2 aromatic carbocycles. The number of fused-ring (bicyclic) bond motifs is 1. The van der Waals surface area contributed by atoms with Crippen molar-refractivity contribution in [3.8, 4) is 23.3 Å². The molecule has 0 aliphatic carbocycles. The van der Waals surface area contributed by atoms with Gasteiger partial charge in [0, 0.05) is 32.7 Å². The number of hydrogen-bond acceptors (Lipinski definition) is 6. The molecule has 0 amide bonds. The zero-order valence-corrected chi connectivity index (χ0v) is 17.0. The summed E-state index contributed by atoms with van der Waals surface area (Å²) in [7, 11) is 0. The highest BCUT2D eigenvalue weighted by Crippen LogP contribution is 2.42. The highest BCUT2D eigenvalue weighted by Gasteiger charge is 2.25. The van der Waals surface area contributed by atoms with Gasteiger partial charge < -0.3 is 19.1 Å². The summed E-state index contributed by atoms with van der Waals surface area (Å²) in [4.78, 5) is 4.76. The summed E-state index contributed by atoms with van der Waals surface area (Å²) in [6.45, 7) is 6.40. The molecule has 29 heavy (non-hydrogen) atoms. The lowest BCUT2D eigenvalue weighted by Crippen LogP contribution is -2.47. The molecule has 0 saturated carbocycles. The molecule has 6 nitrogen and oxygen atoms in total. The number of hydrogen-bond donors (Lipinski definition) is 0. The molecule has 0 N–H and O–H groups in total. The van der Waals surface area contributed by atoms with Crippen LogP contribution in [0.25, 0.3) is 0 Å². The number of halogens is 1. The minimum atomic E-state index is 0.481. The Hall–Kier alpha value is -2.62. The molecule has 2 aliphatic rings. The second-order valence-corrected chi connectivity index (χ2v) is 7.47. The van der Waals surface area contributed by atoms with E-state index in [2.05, 4.69) is 15.9 Å². The van der Waals surface area contributed by atoms with Crippen LogP contribution in [0.1, 0.15) is 12.0 Å². The van der Waals surface area contributed by atoms with E-state index in [0.717, 1.165) is 50.6 Å². The van der Waals surface area contributed by atoms with Crippen molar-refractivity contribution in [3.63, 3.8) is 0 Å². The maximum absolute atomic E-state index is 9.30. The molecule has 0 bridgehead atoms. The Balaban J connectivity index is 1.28. The lowest BCUT2D eigenvalue weighted by molar-refractivity contribution is 0.170. The molecule has 0 spiro atoms. The quantitative estimate of drug-likeness (QED) is 0.675. The van der Waals surface area contributed by atoms with Gasteiger partial charge in [0.1, 0.15) is 25.0 Å². The Labute approximate surface area is 176 Å². The fourth-order valence-electron chi connectivity index (χ4n) is 3.70. The molecular formula is C22H24ClN3O3. The van der Waals surface area contributed by atoms with Gasteiger partial charge >= 0.3 is 0 Å². The predicted molar refractivity (Wildman–Crippen MR) is 112 cm³/mol. The van der Waals surface area contributed by atoms with Gasteiger partial charge in [-0.15, -0.1) is 0 Å². The first-order valence-electron chi connectivity index (χ1n) is 9.93. The van der Waals surface area contributed by atoms with Gasteiger partial charge in [-0.25, -0.2) is 0 Å². The van der Waals surface area contributed by atoms with Crippen LogP contribution in [-0.4, -0.2) is 57.4 Å². The molecule has 0 aromatic heterocycles. The summed E-state index contributed by atoms with van der Waals surface area (Å²) >= 11 is 6.12. The standard InChI is InChI=1S/C22H24ClN3O3/c23-18-4-1-2-5-20(18)27-13-3-8-25-9-11-26(12-10-25)19-7-6-17(16-24)21-22(19)29-15-14-28-21/h1-2,4-7H,3,8-15H2. The molecule has 2 heterocycles. The summed E-state index contributed by atoms with van der Waals surface area (Å²) < 4.78 is 17.3. The van der Waals surface area contributed by atoms with E-state index in [0.29, 0.717) is 41.9 Å². The van der Waals surface area contributed by atoms with Crippen LogP contribution in [0.3, 0.4) is 0 Å². The third-order valence-electron chi connectivity index (χ3n) is 5.21. The van der Waals surface area contributed by atoms with Crippen molar-refractivity contribution in [2.24, 2.45) is 0 Å². The molecule has 1 saturated heterocycles. The van der Waals surface area contributed by atoms with Crippen LogP contribution in [0.2, 0.25) is 5.02 Å². The second kappa shape index (κ2) is 9.25. The summed E-state index contributed by atoms with van der Waals surface area (Å²) in [6, 6.07) is 13.5. The zero-order valence-electron chi connectivity index (χ0n) is 16.3. The number of nitriles is 1. The van der Waals surface area contributed by atoms with Crippen molar-refractivity contribution in [1.82, 2.24) is 4.90 Å². The average molecular weight is 414 g/mol. The normalized spacial score (nSPS) is 16.3. The van der Waals surface area contributed by atoms with E-state index >= 15 is 0 Å². The van der Waals surface area contributed by atoms with Crippen molar-refractivity contribution in [3.05, 3.63) is 47.0 Å². The van der Waals surface area contributed by atoms with Gasteiger partial charge in [0.05, 0.1) is 22.9 Å². The van der Waals surface area contributed by atoms with Crippen LogP contribution < -0.4 is 19.1 Å². The fraction of sp³-hybridized carbons (Fsp3) is 0.409. The average Bonchev–Trinajstić information content (AvgIpc) is 2.77. The lowest BCUT2D eigenvalue weighted by Gasteiger charge is -2.37. The van der Waals surface area contributed by atoms with Gasteiger partial charge in [-0.3, -0.25) is 4.90 Å². The summed E-state index contributed by atoms with van der Waals surface area (Å²) in [5.74, 6) is 2.03. The highest BCUT2D eigenvalue weighted by molar-refractivity contribution is 6.32. The number of benzene rings is 2. The van der Waals surface area contributed by atoms with Gasteiger partial charge in [0.2, 0.25) is 0 Å². The van der Waals surface area contributed by atoms with Crippen LogP contribution in [0.15, 0.2) is 36.4 Å². The Morgan fingerprint density at radius 3 is 2.52 bits per heavy atom. The first-order chi connectivity index (χ1) is 14.3. The Morgan fingerprint density at radius 2 is 1.76 bits per heavy atom. The van der Waals surface area contributed by atoms with Crippen LogP contribution >= 0.6 is 11.6 Å². The van der Waals surface area contributed by atoms with Crippen molar-refractivity contribution in [1.29, 1.82) is 5.26 Å². The fourth-order valence-corrected chi connectivity index (χ4v) is 3.89. The van der Waals surface area contributed by atoms with Gasteiger partial charge in [-0.05, 0) is 30.7 Å². The highest BCUT2D eigenvalue weighted by atomic mass is 35.5. The molecule has 0 radical (unpaired) electrons.